The molecule has 0 atom stereocenters. The first-order chi connectivity index (χ1) is 10.2. The fourth-order valence-corrected chi connectivity index (χ4v) is 2.68. The van der Waals surface area contributed by atoms with Gasteiger partial charge in [-0.25, -0.2) is 4.98 Å². The average Bonchev–Trinajstić information content (AvgIpc) is 2.91. The number of nitrogens with one attached hydrogen (secondary N) is 1. The molecule has 1 aromatic rings. The maximum atomic E-state index is 4.52. The van der Waals surface area contributed by atoms with Crippen molar-refractivity contribution in [1.29, 1.82) is 0 Å². The molecule has 1 saturated heterocycles. The highest BCUT2D eigenvalue weighted by molar-refractivity contribution is 5.81. The van der Waals surface area contributed by atoms with Crippen molar-refractivity contribution in [1.82, 2.24) is 20.1 Å². The second kappa shape index (κ2) is 6.30. The van der Waals surface area contributed by atoms with Crippen LogP contribution in [0.4, 0.5) is 5.82 Å². The van der Waals surface area contributed by atoms with Gasteiger partial charge in [-0.05, 0) is 24.7 Å². The molecule has 1 fully saturated rings. The molecule has 0 aliphatic carbocycles. The summed E-state index contributed by atoms with van der Waals surface area (Å²) in [6.45, 7) is 7.00. The molecule has 0 amide bonds. The Morgan fingerprint density at radius 2 is 1.95 bits per heavy atom. The molecule has 1 N–H and O–H groups in total. The Bertz CT molecular complexity index is 507. The summed E-state index contributed by atoms with van der Waals surface area (Å²) in [5, 5.41) is 3.41. The van der Waals surface area contributed by atoms with Gasteiger partial charge in [-0.2, -0.15) is 0 Å². The molecule has 2 aliphatic rings. The van der Waals surface area contributed by atoms with Crippen molar-refractivity contribution >= 4 is 11.8 Å². The van der Waals surface area contributed by atoms with Gasteiger partial charge in [-0.15, -0.1) is 0 Å². The number of aliphatic imine (C=N–C) groups is 1. The summed E-state index contributed by atoms with van der Waals surface area (Å²) < 4.78 is 0. The van der Waals surface area contributed by atoms with E-state index in [9.17, 15) is 0 Å². The molecule has 3 heterocycles. The van der Waals surface area contributed by atoms with E-state index in [-0.39, 0.29) is 0 Å². The zero-order valence-corrected chi connectivity index (χ0v) is 12.9. The fraction of sp³-hybridized carbons (Fsp3) is 0.600. The molecule has 0 unspecified atom stereocenters. The summed E-state index contributed by atoms with van der Waals surface area (Å²) in [5.74, 6) is 2.08. The van der Waals surface area contributed by atoms with E-state index in [0.717, 1.165) is 57.6 Å². The molecule has 0 bridgehead atoms. The predicted octanol–water partition coefficient (Wildman–Crippen LogP) is 0.224. The van der Waals surface area contributed by atoms with Gasteiger partial charge in [0.15, 0.2) is 5.96 Å². The van der Waals surface area contributed by atoms with E-state index >= 15 is 0 Å². The summed E-state index contributed by atoms with van der Waals surface area (Å²) in [4.78, 5) is 15.9. The standard InChI is InChI=1S/C15H24N6/c1-19-7-9-21(10-8-19)14-11-13(3-4-16-14)12-18-15-17-5-6-20(15)2/h3-4,11H,5-10,12H2,1-2H3,(H,17,18). The molecule has 3 rings (SSSR count). The Labute approximate surface area is 126 Å². The lowest BCUT2D eigenvalue weighted by Gasteiger charge is -2.33. The van der Waals surface area contributed by atoms with Gasteiger partial charge < -0.3 is 20.0 Å². The number of pyridine rings is 1. The number of likely N-dealkylation sites (N-methyl/N-ethyl adjacent to an activating group) is 2. The highest BCUT2D eigenvalue weighted by Gasteiger charge is 2.16. The number of hydrogen-bond donors (Lipinski definition) is 1. The van der Waals surface area contributed by atoms with Crippen molar-refractivity contribution in [3.8, 4) is 0 Å². The van der Waals surface area contributed by atoms with Crippen LogP contribution in [0.2, 0.25) is 0 Å². The molecule has 0 saturated carbocycles. The lowest BCUT2D eigenvalue weighted by atomic mass is 10.2. The van der Waals surface area contributed by atoms with E-state index in [4.69, 9.17) is 0 Å². The van der Waals surface area contributed by atoms with Crippen molar-refractivity contribution in [3.05, 3.63) is 23.9 Å². The van der Waals surface area contributed by atoms with Crippen LogP contribution in [-0.2, 0) is 6.54 Å². The van der Waals surface area contributed by atoms with E-state index < -0.39 is 0 Å². The van der Waals surface area contributed by atoms with E-state index in [0.29, 0.717) is 0 Å². The maximum absolute atomic E-state index is 4.52. The second-order valence-electron chi connectivity index (χ2n) is 5.79. The Morgan fingerprint density at radius 3 is 2.67 bits per heavy atom. The smallest absolute Gasteiger partial charge is 0.194 e. The minimum Gasteiger partial charge on any atom is -0.354 e. The van der Waals surface area contributed by atoms with Crippen LogP contribution in [0.15, 0.2) is 23.3 Å². The van der Waals surface area contributed by atoms with Gasteiger partial charge in [0, 0.05) is 52.5 Å². The summed E-state index contributed by atoms with van der Waals surface area (Å²) >= 11 is 0. The van der Waals surface area contributed by atoms with E-state index in [1.165, 1.54) is 5.56 Å². The van der Waals surface area contributed by atoms with Gasteiger partial charge in [-0.1, -0.05) is 0 Å². The molecule has 0 spiro atoms. The number of piperazine rings is 1. The molecule has 6 nitrogen and oxygen atoms in total. The zero-order valence-electron chi connectivity index (χ0n) is 12.9. The largest absolute Gasteiger partial charge is 0.354 e. The third kappa shape index (κ3) is 3.44. The lowest BCUT2D eigenvalue weighted by molar-refractivity contribution is 0.312. The first-order valence-electron chi connectivity index (χ1n) is 7.60. The van der Waals surface area contributed by atoms with Crippen LogP contribution in [-0.4, -0.2) is 74.1 Å². The first kappa shape index (κ1) is 14.1. The van der Waals surface area contributed by atoms with Crippen molar-refractivity contribution < 1.29 is 0 Å². The SMILES string of the molecule is CN1CCN(c2cc(CNC3=NCCN3C)ccn2)CC1. The van der Waals surface area contributed by atoms with E-state index in [2.05, 4.69) is 56.2 Å². The van der Waals surface area contributed by atoms with Gasteiger partial charge in [0.2, 0.25) is 0 Å². The minimum absolute atomic E-state index is 0.798. The molecule has 2 aliphatic heterocycles. The van der Waals surface area contributed by atoms with Crippen molar-refractivity contribution in [2.24, 2.45) is 4.99 Å². The lowest BCUT2D eigenvalue weighted by Crippen LogP contribution is -2.44. The summed E-state index contributed by atoms with van der Waals surface area (Å²) in [7, 11) is 4.24. The topological polar surface area (TPSA) is 47.0 Å². The molecular formula is C15H24N6. The molecule has 114 valence electrons. The van der Waals surface area contributed by atoms with Crippen molar-refractivity contribution in [2.45, 2.75) is 6.54 Å². The quantitative estimate of drug-likeness (QED) is 0.862. The second-order valence-corrected chi connectivity index (χ2v) is 5.79. The Balaban J connectivity index is 1.60. The monoisotopic (exact) mass is 288 g/mol. The van der Waals surface area contributed by atoms with Gasteiger partial charge >= 0.3 is 0 Å². The normalized spacial score (nSPS) is 19.8. The van der Waals surface area contributed by atoms with Crippen LogP contribution >= 0.6 is 0 Å². The number of aromatic nitrogens is 1. The molecule has 21 heavy (non-hydrogen) atoms. The van der Waals surface area contributed by atoms with Gasteiger partial charge in [0.25, 0.3) is 0 Å². The fourth-order valence-electron chi connectivity index (χ4n) is 2.68. The number of rotatable bonds is 3. The molecule has 0 aromatic carbocycles. The summed E-state index contributed by atoms with van der Waals surface area (Å²) in [6.07, 6.45) is 1.91. The number of nitrogens with zero attached hydrogens (tertiary/aromatic N) is 5. The third-order valence-electron chi connectivity index (χ3n) is 4.15. The number of hydrogen-bond acceptors (Lipinski definition) is 6. The summed E-state index contributed by atoms with van der Waals surface area (Å²) in [6, 6.07) is 4.26. The highest BCUT2D eigenvalue weighted by atomic mass is 15.3. The van der Waals surface area contributed by atoms with Gasteiger partial charge in [-0.3, -0.25) is 4.99 Å². The van der Waals surface area contributed by atoms with Crippen molar-refractivity contribution in [3.63, 3.8) is 0 Å². The number of anilines is 1. The van der Waals surface area contributed by atoms with Crippen LogP contribution in [0.5, 0.6) is 0 Å². The van der Waals surface area contributed by atoms with Gasteiger partial charge in [0.1, 0.15) is 5.82 Å². The predicted molar refractivity (Wildman–Crippen MR) is 85.7 cm³/mol. The maximum Gasteiger partial charge on any atom is 0.194 e. The Morgan fingerprint density at radius 1 is 1.14 bits per heavy atom. The van der Waals surface area contributed by atoms with Crippen LogP contribution < -0.4 is 10.2 Å². The van der Waals surface area contributed by atoms with Crippen LogP contribution in [0, 0.1) is 0 Å². The molecule has 6 heteroatoms. The van der Waals surface area contributed by atoms with E-state index in [1.807, 2.05) is 6.20 Å². The van der Waals surface area contributed by atoms with Gasteiger partial charge in [0.05, 0.1) is 6.54 Å². The van der Waals surface area contributed by atoms with E-state index in [1.54, 1.807) is 0 Å². The first-order valence-corrected chi connectivity index (χ1v) is 7.60. The number of guanidine groups is 1. The van der Waals surface area contributed by atoms with Crippen LogP contribution in [0.1, 0.15) is 5.56 Å². The van der Waals surface area contributed by atoms with Crippen LogP contribution in [0.3, 0.4) is 0 Å². The third-order valence-corrected chi connectivity index (χ3v) is 4.15. The highest BCUT2D eigenvalue weighted by Crippen LogP contribution is 2.14. The average molecular weight is 288 g/mol. The molecule has 0 radical (unpaired) electrons. The molecular weight excluding hydrogens is 264 g/mol. The summed E-state index contributed by atoms with van der Waals surface area (Å²) in [5.41, 5.74) is 1.25. The molecule has 1 aromatic heterocycles. The van der Waals surface area contributed by atoms with Crippen molar-refractivity contribution in [2.75, 3.05) is 58.3 Å². The minimum atomic E-state index is 0.798. The zero-order chi connectivity index (χ0) is 14.7. The van der Waals surface area contributed by atoms with Crippen LogP contribution in [0.25, 0.3) is 0 Å². The Hall–Kier alpha value is -1.82. The Kier molecular flexibility index (Phi) is 4.24.